The molecule has 2 rings (SSSR count). The molecule has 0 unspecified atom stereocenters. The van der Waals surface area contributed by atoms with Crippen molar-refractivity contribution >= 4 is 17.4 Å². The van der Waals surface area contributed by atoms with E-state index in [1.165, 1.54) is 19.2 Å². The monoisotopic (exact) mass is 294 g/mol. The maximum atomic E-state index is 12.3. The molecule has 0 saturated carbocycles. The second-order valence-corrected chi connectivity index (χ2v) is 4.51. The lowest BCUT2D eigenvalue weighted by Gasteiger charge is -2.10. The fraction of sp³-hybridized carbons (Fsp3) is 0.118. The van der Waals surface area contributed by atoms with Crippen molar-refractivity contribution in [1.82, 2.24) is 0 Å². The van der Waals surface area contributed by atoms with Gasteiger partial charge in [0.1, 0.15) is 5.75 Å². The van der Waals surface area contributed by atoms with Crippen LogP contribution in [0.2, 0.25) is 0 Å². The molecule has 110 valence electrons. The van der Waals surface area contributed by atoms with Crippen LogP contribution in [0.1, 0.15) is 10.4 Å². The molecule has 0 aliphatic heterocycles. The lowest BCUT2D eigenvalue weighted by atomic mass is 9.98. The first-order valence-corrected chi connectivity index (χ1v) is 6.59. The van der Waals surface area contributed by atoms with E-state index >= 15 is 0 Å². The number of Topliss-reactive ketones (excluding diaryl/α,β-unsaturated/α-hetero) is 1. The first-order chi connectivity index (χ1) is 10.7. The minimum atomic E-state index is -1.39. The molecular weight excluding hydrogens is 280 g/mol. The SMILES string of the molecule is COc1ccc(C(=O)[C@@H](C#N)C(=O)Nc2ccccc2)cc1. The van der Waals surface area contributed by atoms with Crippen LogP contribution in [-0.4, -0.2) is 18.8 Å². The molecule has 5 nitrogen and oxygen atoms in total. The van der Waals surface area contributed by atoms with Crippen LogP contribution in [-0.2, 0) is 4.79 Å². The van der Waals surface area contributed by atoms with Crippen molar-refractivity contribution < 1.29 is 14.3 Å². The molecule has 0 aliphatic carbocycles. The van der Waals surface area contributed by atoms with E-state index in [0.29, 0.717) is 11.4 Å². The van der Waals surface area contributed by atoms with Crippen LogP contribution >= 0.6 is 0 Å². The van der Waals surface area contributed by atoms with Gasteiger partial charge >= 0.3 is 0 Å². The summed E-state index contributed by atoms with van der Waals surface area (Å²) in [5.41, 5.74) is 0.825. The number of para-hydroxylation sites is 1. The third-order valence-corrected chi connectivity index (χ3v) is 3.07. The van der Waals surface area contributed by atoms with Gasteiger partial charge in [0.15, 0.2) is 11.7 Å². The predicted molar refractivity (Wildman–Crippen MR) is 81.5 cm³/mol. The number of ketones is 1. The number of methoxy groups -OCH3 is 1. The number of anilines is 1. The molecule has 0 radical (unpaired) electrons. The van der Waals surface area contributed by atoms with E-state index in [1.54, 1.807) is 48.5 Å². The molecule has 0 aromatic heterocycles. The molecular formula is C17H14N2O3. The number of benzene rings is 2. The Labute approximate surface area is 128 Å². The normalized spacial score (nSPS) is 11.1. The van der Waals surface area contributed by atoms with Crippen LogP contribution in [0.5, 0.6) is 5.75 Å². The molecule has 2 aromatic rings. The van der Waals surface area contributed by atoms with E-state index in [0.717, 1.165) is 0 Å². The number of nitrogens with zero attached hydrogens (tertiary/aromatic N) is 1. The number of nitrogens with one attached hydrogen (secondary N) is 1. The van der Waals surface area contributed by atoms with Gasteiger partial charge in [-0.3, -0.25) is 9.59 Å². The number of ether oxygens (including phenoxy) is 1. The highest BCUT2D eigenvalue weighted by Crippen LogP contribution is 2.16. The van der Waals surface area contributed by atoms with Gasteiger partial charge in [0.25, 0.3) is 0 Å². The van der Waals surface area contributed by atoms with E-state index in [-0.39, 0.29) is 5.56 Å². The summed E-state index contributed by atoms with van der Waals surface area (Å²) in [5.74, 6) is -1.99. The van der Waals surface area contributed by atoms with Gasteiger partial charge in [-0.2, -0.15) is 5.26 Å². The zero-order chi connectivity index (χ0) is 15.9. The summed E-state index contributed by atoms with van der Waals surface area (Å²) in [6.45, 7) is 0. The van der Waals surface area contributed by atoms with Crippen molar-refractivity contribution in [3.63, 3.8) is 0 Å². The number of hydrogen-bond acceptors (Lipinski definition) is 4. The number of nitriles is 1. The van der Waals surface area contributed by atoms with Gasteiger partial charge in [-0.25, -0.2) is 0 Å². The van der Waals surface area contributed by atoms with Gasteiger partial charge in [-0.15, -0.1) is 0 Å². The minimum Gasteiger partial charge on any atom is -0.497 e. The molecule has 0 spiro atoms. The molecule has 5 heteroatoms. The van der Waals surface area contributed by atoms with Crippen molar-refractivity contribution in [3.8, 4) is 11.8 Å². The van der Waals surface area contributed by atoms with E-state index in [2.05, 4.69) is 5.32 Å². The van der Waals surface area contributed by atoms with Crippen LogP contribution in [0, 0.1) is 17.2 Å². The Kier molecular flexibility index (Phi) is 4.89. The van der Waals surface area contributed by atoms with Gasteiger partial charge in [0.2, 0.25) is 5.91 Å². The van der Waals surface area contributed by atoms with Gasteiger partial charge in [0.05, 0.1) is 13.2 Å². The fourth-order valence-electron chi connectivity index (χ4n) is 1.89. The quantitative estimate of drug-likeness (QED) is 0.679. The number of carbonyl (C=O) groups excluding carboxylic acids is 2. The zero-order valence-corrected chi connectivity index (χ0v) is 11.9. The Morgan fingerprint density at radius 1 is 1.09 bits per heavy atom. The summed E-state index contributed by atoms with van der Waals surface area (Å²) >= 11 is 0. The fourth-order valence-corrected chi connectivity index (χ4v) is 1.89. The highest BCUT2D eigenvalue weighted by Gasteiger charge is 2.27. The highest BCUT2D eigenvalue weighted by atomic mass is 16.5. The molecule has 1 N–H and O–H groups in total. The largest absolute Gasteiger partial charge is 0.497 e. The highest BCUT2D eigenvalue weighted by molar-refractivity contribution is 6.15. The van der Waals surface area contributed by atoms with Crippen LogP contribution in [0.4, 0.5) is 5.69 Å². The average Bonchev–Trinajstić information content (AvgIpc) is 2.56. The lowest BCUT2D eigenvalue weighted by molar-refractivity contribution is -0.117. The van der Waals surface area contributed by atoms with E-state index in [4.69, 9.17) is 10.00 Å². The van der Waals surface area contributed by atoms with Gasteiger partial charge in [-0.1, -0.05) is 18.2 Å². The summed E-state index contributed by atoms with van der Waals surface area (Å²) in [7, 11) is 1.52. The lowest BCUT2D eigenvalue weighted by Crippen LogP contribution is -2.28. The second kappa shape index (κ2) is 7.04. The summed E-state index contributed by atoms with van der Waals surface area (Å²) in [6, 6.07) is 16.7. The van der Waals surface area contributed by atoms with E-state index < -0.39 is 17.6 Å². The van der Waals surface area contributed by atoms with Crippen LogP contribution in [0.25, 0.3) is 0 Å². The molecule has 0 fully saturated rings. The molecule has 0 aliphatic rings. The number of rotatable bonds is 5. The maximum Gasteiger partial charge on any atom is 0.249 e. The first-order valence-electron chi connectivity index (χ1n) is 6.59. The van der Waals surface area contributed by atoms with Crippen LogP contribution < -0.4 is 10.1 Å². The van der Waals surface area contributed by atoms with Crippen molar-refractivity contribution in [2.45, 2.75) is 0 Å². The van der Waals surface area contributed by atoms with Crippen molar-refractivity contribution in [2.75, 3.05) is 12.4 Å². The summed E-state index contributed by atoms with van der Waals surface area (Å²) in [6.07, 6.45) is 0. The predicted octanol–water partition coefficient (Wildman–Crippen LogP) is 2.66. The van der Waals surface area contributed by atoms with Gasteiger partial charge in [-0.05, 0) is 36.4 Å². The Morgan fingerprint density at radius 2 is 1.73 bits per heavy atom. The van der Waals surface area contributed by atoms with E-state index in [1.807, 2.05) is 0 Å². The van der Waals surface area contributed by atoms with Gasteiger partial charge < -0.3 is 10.1 Å². The van der Waals surface area contributed by atoms with Crippen molar-refractivity contribution in [1.29, 1.82) is 5.26 Å². The minimum absolute atomic E-state index is 0.288. The first kappa shape index (κ1) is 15.3. The van der Waals surface area contributed by atoms with Crippen molar-refractivity contribution in [3.05, 3.63) is 60.2 Å². The molecule has 1 atom stereocenters. The molecule has 1 amide bonds. The Morgan fingerprint density at radius 3 is 2.27 bits per heavy atom. The molecule has 2 aromatic carbocycles. The standard InChI is InChI=1S/C17H14N2O3/c1-22-14-9-7-12(8-10-14)16(20)15(11-18)17(21)19-13-5-3-2-4-6-13/h2-10,15H,1H3,(H,19,21)/t15-/m1/s1. The Balaban J connectivity index is 2.14. The molecule has 22 heavy (non-hydrogen) atoms. The summed E-state index contributed by atoms with van der Waals surface area (Å²) in [5, 5.41) is 11.7. The second-order valence-electron chi connectivity index (χ2n) is 4.51. The Bertz CT molecular complexity index is 703. The zero-order valence-electron chi connectivity index (χ0n) is 11.9. The maximum absolute atomic E-state index is 12.3. The van der Waals surface area contributed by atoms with Crippen LogP contribution in [0.15, 0.2) is 54.6 Å². The average molecular weight is 294 g/mol. The Hall–Kier alpha value is -3.13. The smallest absolute Gasteiger partial charge is 0.249 e. The number of hydrogen-bond donors (Lipinski definition) is 1. The topological polar surface area (TPSA) is 79.2 Å². The third kappa shape index (κ3) is 3.49. The summed E-state index contributed by atoms with van der Waals surface area (Å²) in [4.78, 5) is 24.4. The third-order valence-electron chi connectivity index (χ3n) is 3.07. The molecule has 0 heterocycles. The van der Waals surface area contributed by atoms with Gasteiger partial charge in [0, 0.05) is 11.3 Å². The summed E-state index contributed by atoms with van der Waals surface area (Å²) < 4.78 is 5.01. The number of amides is 1. The molecule has 0 bridgehead atoms. The molecule has 0 saturated heterocycles. The van der Waals surface area contributed by atoms with E-state index in [9.17, 15) is 9.59 Å². The van der Waals surface area contributed by atoms with Crippen LogP contribution in [0.3, 0.4) is 0 Å². The number of carbonyl (C=O) groups is 2. The van der Waals surface area contributed by atoms with Crippen molar-refractivity contribution in [2.24, 2.45) is 5.92 Å².